The van der Waals surface area contributed by atoms with Crippen molar-refractivity contribution >= 4 is 28.3 Å². The van der Waals surface area contributed by atoms with Crippen LogP contribution in [0.4, 0.5) is 5.13 Å². The number of rotatable bonds is 5. The van der Waals surface area contributed by atoms with Gasteiger partial charge in [-0.2, -0.15) is 0 Å². The van der Waals surface area contributed by atoms with E-state index in [0.717, 1.165) is 0 Å². The number of amides is 2. The van der Waals surface area contributed by atoms with Gasteiger partial charge >= 0.3 is 0 Å². The SMILES string of the molecule is O=C(CCC(=O)N[C@@H]1CO[C@H]2[C@@H]1OC[C@H]2O)Nc1nncs1. The van der Waals surface area contributed by atoms with Gasteiger partial charge in [0.1, 0.15) is 23.8 Å². The molecule has 2 aliphatic rings. The Balaban J connectivity index is 1.40. The van der Waals surface area contributed by atoms with Gasteiger partial charge in [-0.3, -0.25) is 9.59 Å². The molecule has 2 saturated heterocycles. The van der Waals surface area contributed by atoms with Gasteiger partial charge in [0.15, 0.2) is 0 Å². The van der Waals surface area contributed by atoms with Gasteiger partial charge in [0, 0.05) is 12.8 Å². The standard InChI is InChI=1S/C12H16N4O5S/c17-7-4-21-10-6(3-20-11(7)10)14-8(18)1-2-9(19)15-12-16-13-5-22-12/h5-7,10-11,17H,1-4H2,(H,14,18)(H,15,16,19)/t6-,7-,10-,11-/m1/s1. The zero-order valence-electron chi connectivity index (χ0n) is 11.6. The minimum Gasteiger partial charge on any atom is -0.388 e. The first-order valence-corrected chi connectivity index (χ1v) is 7.78. The maximum atomic E-state index is 11.9. The number of carbonyl (C=O) groups excluding carboxylic acids is 2. The van der Waals surface area contributed by atoms with Crippen LogP contribution in [-0.2, 0) is 19.1 Å². The Labute approximate surface area is 130 Å². The minimum absolute atomic E-state index is 0.0522. The van der Waals surface area contributed by atoms with Crippen molar-refractivity contribution in [1.29, 1.82) is 0 Å². The third-order valence-electron chi connectivity index (χ3n) is 3.56. The molecule has 3 heterocycles. The van der Waals surface area contributed by atoms with Crippen LogP contribution in [0.1, 0.15) is 12.8 Å². The molecule has 9 nitrogen and oxygen atoms in total. The Hall–Kier alpha value is -1.62. The van der Waals surface area contributed by atoms with E-state index >= 15 is 0 Å². The Kier molecular flexibility index (Phi) is 4.62. The molecule has 22 heavy (non-hydrogen) atoms. The number of hydrogen-bond acceptors (Lipinski definition) is 8. The molecule has 0 radical (unpaired) electrons. The van der Waals surface area contributed by atoms with Gasteiger partial charge in [-0.05, 0) is 0 Å². The van der Waals surface area contributed by atoms with E-state index in [0.29, 0.717) is 11.7 Å². The summed E-state index contributed by atoms with van der Waals surface area (Å²) in [5, 5.41) is 22.7. The van der Waals surface area contributed by atoms with Crippen molar-refractivity contribution < 1.29 is 24.2 Å². The van der Waals surface area contributed by atoms with Crippen molar-refractivity contribution in [3.05, 3.63) is 5.51 Å². The van der Waals surface area contributed by atoms with Gasteiger partial charge in [-0.15, -0.1) is 10.2 Å². The average Bonchev–Trinajstić information content (AvgIpc) is 3.19. The highest BCUT2D eigenvalue weighted by molar-refractivity contribution is 7.13. The average molecular weight is 328 g/mol. The van der Waals surface area contributed by atoms with Crippen LogP contribution in [0.15, 0.2) is 5.51 Å². The third kappa shape index (κ3) is 3.40. The summed E-state index contributed by atoms with van der Waals surface area (Å²) in [6.45, 7) is 0.515. The highest BCUT2D eigenvalue weighted by atomic mass is 32.1. The molecule has 120 valence electrons. The Morgan fingerprint density at radius 1 is 1.27 bits per heavy atom. The zero-order chi connectivity index (χ0) is 15.5. The van der Waals surface area contributed by atoms with Crippen molar-refractivity contribution in [3.63, 3.8) is 0 Å². The van der Waals surface area contributed by atoms with Gasteiger partial charge < -0.3 is 25.2 Å². The molecule has 1 aromatic rings. The molecular formula is C12H16N4O5S. The minimum atomic E-state index is -0.649. The second-order valence-electron chi connectivity index (χ2n) is 5.13. The number of nitrogens with zero attached hydrogens (tertiary/aromatic N) is 2. The first-order chi connectivity index (χ1) is 10.6. The van der Waals surface area contributed by atoms with Crippen LogP contribution in [0.3, 0.4) is 0 Å². The molecule has 1 aromatic heterocycles. The highest BCUT2D eigenvalue weighted by Gasteiger charge is 2.47. The van der Waals surface area contributed by atoms with E-state index in [1.165, 1.54) is 16.8 Å². The van der Waals surface area contributed by atoms with Crippen LogP contribution >= 0.6 is 11.3 Å². The maximum absolute atomic E-state index is 11.9. The number of aliphatic hydroxyl groups is 1. The first kappa shape index (κ1) is 15.3. The number of ether oxygens (including phenoxy) is 2. The fraction of sp³-hybridized carbons (Fsp3) is 0.667. The van der Waals surface area contributed by atoms with Crippen LogP contribution in [0, 0.1) is 0 Å². The number of aliphatic hydroxyl groups excluding tert-OH is 1. The summed E-state index contributed by atoms with van der Waals surface area (Å²) < 4.78 is 10.8. The normalized spacial score (nSPS) is 30.0. The molecule has 3 N–H and O–H groups in total. The maximum Gasteiger partial charge on any atom is 0.226 e. The lowest BCUT2D eigenvalue weighted by molar-refractivity contribution is -0.125. The van der Waals surface area contributed by atoms with Crippen LogP contribution in [0.5, 0.6) is 0 Å². The quantitative estimate of drug-likeness (QED) is 0.627. The molecule has 2 amide bonds. The second-order valence-corrected chi connectivity index (χ2v) is 5.96. The lowest BCUT2D eigenvalue weighted by Crippen LogP contribution is -2.44. The molecule has 0 unspecified atom stereocenters. The van der Waals surface area contributed by atoms with Crippen molar-refractivity contribution in [1.82, 2.24) is 15.5 Å². The summed E-state index contributed by atoms with van der Waals surface area (Å²) in [4.78, 5) is 23.5. The lowest BCUT2D eigenvalue weighted by atomic mass is 10.1. The van der Waals surface area contributed by atoms with Crippen LogP contribution in [0.25, 0.3) is 0 Å². The van der Waals surface area contributed by atoms with Crippen LogP contribution in [0.2, 0.25) is 0 Å². The summed E-state index contributed by atoms with van der Waals surface area (Å²) in [6.07, 6.45) is -1.25. The zero-order valence-corrected chi connectivity index (χ0v) is 12.4. The molecule has 4 atom stereocenters. The summed E-state index contributed by atoms with van der Waals surface area (Å²) in [5.41, 5.74) is 1.51. The molecule has 0 spiro atoms. The Morgan fingerprint density at radius 2 is 2.05 bits per heavy atom. The van der Waals surface area contributed by atoms with E-state index < -0.39 is 6.10 Å². The summed E-state index contributed by atoms with van der Waals surface area (Å²) in [7, 11) is 0. The van der Waals surface area contributed by atoms with E-state index in [9.17, 15) is 14.7 Å². The fourth-order valence-electron chi connectivity index (χ4n) is 2.52. The number of hydrogen-bond donors (Lipinski definition) is 3. The van der Waals surface area contributed by atoms with Crippen molar-refractivity contribution in [2.24, 2.45) is 0 Å². The van der Waals surface area contributed by atoms with Gasteiger partial charge in [0.25, 0.3) is 0 Å². The van der Waals surface area contributed by atoms with E-state index in [2.05, 4.69) is 20.8 Å². The highest BCUT2D eigenvalue weighted by Crippen LogP contribution is 2.26. The molecule has 3 rings (SSSR count). The largest absolute Gasteiger partial charge is 0.388 e. The number of aromatic nitrogens is 2. The topological polar surface area (TPSA) is 123 Å². The number of carbonyl (C=O) groups is 2. The first-order valence-electron chi connectivity index (χ1n) is 6.90. The Morgan fingerprint density at radius 3 is 2.82 bits per heavy atom. The summed E-state index contributed by atoms with van der Waals surface area (Å²) in [5.74, 6) is -0.549. The van der Waals surface area contributed by atoms with E-state index in [-0.39, 0.29) is 49.5 Å². The fourth-order valence-corrected chi connectivity index (χ4v) is 2.98. The van der Waals surface area contributed by atoms with E-state index in [4.69, 9.17) is 9.47 Å². The van der Waals surface area contributed by atoms with Crippen LogP contribution in [-0.4, -0.2) is 64.7 Å². The number of fused-ring (bicyclic) bond motifs is 1. The second kappa shape index (κ2) is 6.65. The molecule has 2 aliphatic heterocycles. The van der Waals surface area contributed by atoms with Gasteiger partial charge in [-0.25, -0.2) is 0 Å². The molecule has 10 heteroatoms. The molecule has 2 fully saturated rings. The van der Waals surface area contributed by atoms with Crippen molar-refractivity contribution in [2.45, 2.75) is 37.2 Å². The van der Waals surface area contributed by atoms with E-state index in [1.54, 1.807) is 0 Å². The Bertz CT molecular complexity index is 540. The molecule has 0 aliphatic carbocycles. The lowest BCUT2D eigenvalue weighted by Gasteiger charge is -2.17. The number of nitrogens with one attached hydrogen (secondary N) is 2. The summed E-state index contributed by atoms with van der Waals surface area (Å²) in [6, 6.07) is -0.291. The van der Waals surface area contributed by atoms with Crippen molar-refractivity contribution in [3.8, 4) is 0 Å². The monoisotopic (exact) mass is 328 g/mol. The van der Waals surface area contributed by atoms with E-state index in [1.807, 2.05) is 0 Å². The van der Waals surface area contributed by atoms with Gasteiger partial charge in [-0.1, -0.05) is 11.3 Å². The predicted octanol–water partition coefficient (Wildman–Crippen LogP) is -1.10. The molecule has 0 saturated carbocycles. The van der Waals surface area contributed by atoms with Crippen LogP contribution < -0.4 is 10.6 Å². The molecule has 0 aromatic carbocycles. The smallest absolute Gasteiger partial charge is 0.226 e. The summed E-state index contributed by atoms with van der Waals surface area (Å²) >= 11 is 1.21. The third-order valence-corrected chi connectivity index (χ3v) is 4.17. The van der Waals surface area contributed by atoms with Gasteiger partial charge in [0.2, 0.25) is 16.9 Å². The predicted molar refractivity (Wildman–Crippen MR) is 75.2 cm³/mol. The van der Waals surface area contributed by atoms with Crippen molar-refractivity contribution in [2.75, 3.05) is 18.5 Å². The number of anilines is 1. The van der Waals surface area contributed by atoms with Gasteiger partial charge in [0.05, 0.1) is 19.3 Å². The molecular weight excluding hydrogens is 312 g/mol. The molecule has 0 bridgehead atoms.